The van der Waals surface area contributed by atoms with Crippen LogP contribution in [0.4, 0.5) is 0 Å². The van der Waals surface area contributed by atoms with Crippen molar-refractivity contribution in [2.75, 3.05) is 0 Å². The van der Waals surface area contributed by atoms with Crippen molar-refractivity contribution in [3.63, 3.8) is 0 Å². The van der Waals surface area contributed by atoms with Crippen LogP contribution in [0, 0.1) is 16.2 Å². The number of fused-ring (bicyclic) bond motifs is 3. The zero-order valence-electron chi connectivity index (χ0n) is 43.8. The van der Waals surface area contributed by atoms with Gasteiger partial charge in [0.05, 0.1) is 0 Å². The van der Waals surface area contributed by atoms with Gasteiger partial charge in [0.1, 0.15) is 0 Å². The molecule has 0 aliphatic heterocycles. The molecule has 3 aromatic carbocycles. The van der Waals surface area contributed by atoms with E-state index in [0.717, 1.165) is 0 Å². The van der Waals surface area contributed by atoms with Gasteiger partial charge in [0, 0.05) is 5.41 Å². The minimum absolute atomic E-state index is 0.160. The van der Waals surface area contributed by atoms with Crippen molar-refractivity contribution in [1.29, 1.82) is 0 Å². The molecule has 61 heavy (non-hydrogen) atoms. The highest BCUT2D eigenvalue weighted by Gasteiger charge is 2.34. The maximum Gasteiger partial charge on any atom is 0.0158 e. The molecule has 0 atom stereocenters. The molecule has 0 N–H and O–H groups in total. The summed E-state index contributed by atoms with van der Waals surface area (Å²) in [5.41, 5.74) is 11.6. The summed E-state index contributed by atoms with van der Waals surface area (Å²) in [4.78, 5) is 0. The fourth-order valence-corrected chi connectivity index (χ4v) is 9.88. The molecule has 346 valence electrons. The molecular formula is C61H102. The topological polar surface area (TPSA) is 0 Å². The Morgan fingerprint density at radius 2 is 0.656 bits per heavy atom. The molecule has 3 aromatic rings. The number of hydrogen-bond donors (Lipinski definition) is 0. The van der Waals surface area contributed by atoms with Crippen LogP contribution < -0.4 is 0 Å². The van der Waals surface area contributed by atoms with E-state index in [1.54, 1.807) is 11.1 Å². The Bertz CT molecular complexity index is 1470. The summed E-state index contributed by atoms with van der Waals surface area (Å²) in [6, 6.07) is 27.3. The highest BCUT2D eigenvalue weighted by atomic mass is 14.4. The third kappa shape index (κ3) is 19.1. The molecule has 2 fully saturated rings. The number of rotatable bonds is 14. The van der Waals surface area contributed by atoms with E-state index < -0.39 is 0 Å². The van der Waals surface area contributed by atoms with E-state index in [1.807, 2.05) is 0 Å². The van der Waals surface area contributed by atoms with Crippen LogP contribution in [0.25, 0.3) is 11.1 Å². The molecule has 0 radical (unpaired) electrons. The summed E-state index contributed by atoms with van der Waals surface area (Å²) in [5, 5.41) is 0. The SMILES string of the molecule is CC(C)(C)C.CC1(C)CCCC1.CC1(C)CCCCC1.CC1(C)c2ccccc2-c2ccccc21.CCCCC(C)(CCCC)c1ccc(C(C)(CCCC)CCCC)cc1. The highest BCUT2D eigenvalue weighted by molar-refractivity contribution is 5.80. The van der Waals surface area contributed by atoms with Crippen LogP contribution in [-0.2, 0) is 16.2 Å². The normalized spacial score (nSPS) is 17.1. The van der Waals surface area contributed by atoms with Gasteiger partial charge in [0.15, 0.2) is 0 Å². The van der Waals surface area contributed by atoms with Crippen molar-refractivity contribution in [2.45, 2.75) is 262 Å². The predicted molar refractivity (Wildman–Crippen MR) is 277 cm³/mol. The van der Waals surface area contributed by atoms with Crippen LogP contribution in [0.5, 0.6) is 0 Å². The average molecular weight is 835 g/mol. The lowest BCUT2D eigenvalue weighted by molar-refractivity contribution is 0.244. The smallest absolute Gasteiger partial charge is 0.0158 e. The molecule has 0 spiro atoms. The lowest BCUT2D eigenvalue weighted by Gasteiger charge is -2.33. The fraction of sp³-hybridized carbons (Fsp3) is 0.705. The minimum Gasteiger partial charge on any atom is -0.0654 e. The van der Waals surface area contributed by atoms with Gasteiger partial charge in [-0.05, 0) is 112 Å². The van der Waals surface area contributed by atoms with Gasteiger partial charge in [-0.3, -0.25) is 0 Å². The molecule has 0 bridgehead atoms. The van der Waals surface area contributed by atoms with Crippen LogP contribution in [0.3, 0.4) is 0 Å². The van der Waals surface area contributed by atoms with Crippen molar-refractivity contribution in [2.24, 2.45) is 16.2 Å². The van der Waals surface area contributed by atoms with E-state index in [2.05, 4.69) is 184 Å². The molecule has 0 unspecified atom stereocenters. The van der Waals surface area contributed by atoms with Crippen LogP contribution in [0.2, 0.25) is 0 Å². The van der Waals surface area contributed by atoms with Gasteiger partial charge in [-0.1, -0.05) is 267 Å². The third-order valence-electron chi connectivity index (χ3n) is 14.3. The van der Waals surface area contributed by atoms with Gasteiger partial charge in [-0.15, -0.1) is 0 Å². The molecule has 0 heteroatoms. The number of hydrogen-bond acceptors (Lipinski definition) is 0. The minimum atomic E-state index is 0.160. The lowest BCUT2D eigenvalue weighted by atomic mass is 9.71. The monoisotopic (exact) mass is 835 g/mol. The molecule has 3 aliphatic rings. The Labute approximate surface area is 382 Å². The van der Waals surface area contributed by atoms with E-state index in [1.165, 1.54) is 157 Å². The predicted octanol–water partition coefficient (Wildman–Crippen LogP) is 20.6. The van der Waals surface area contributed by atoms with E-state index in [9.17, 15) is 0 Å². The molecule has 0 saturated heterocycles. The highest BCUT2D eigenvalue weighted by Crippen LogP contribution is 2.48. The maximum atomic E-state index is 2.50. The van der Waals surface area contributed by atoms with Crippen molar-refractivity contribution >= 4 is 0 Å². The van der Waals surface area contributed by atoms with Crippen LogP contribution in [0.1, 0.15) is 268 Å². The quantitative estimate of drug-likeness (QED) is 0.152. The van der Waals surface area contributed by atoms with Crippen LogP contribution in [0.15, 0.2) is 72.8 Å². The Hall–Kier alpha value is -2.34. The fourth-order valence-electron chi connectivity index (χ4n) is 9.88. The van der Waals surface area contributed by atoms with Crippen LogP contribution >= 0.6 is 0 Å². The van der Waals surface area contributed by atoms with E-state index in [0.29, 0.717) is 27.1 Å². The third-order valence-corrected chi connectivity index (χ3v) is 14.3. The van der Waals surface area contributed by atoms with Crippen LogP contribution in [-0.4, -0.2) is 0 Å². The van der Waals surface area contributed by atoms with Gasteiger partial charge < -0.3 is 0 Å². The standard InChI is InChI=1S/C26H46.C15H14.C8H16.C7H14.C5H12/c1-7-11-19-25(5,20-12-8-2)23-15-17-24(18-16-23)26(6,21-13-9-3)22-14-10-4;1-15(2)13-9-5-3-7-11(13)12-8-4-6-10-14(12)15;1-8(2)6-4-3-5-7-8;1-7(2)5-3-4-6-7;1-5(2,3)4/h15-18H,7-14,19-22H2,1-6H3;3-10H,1-2H3;3-7H2,1-2H3;3-6H2,1-2H3;1-4H3. The van der Waals surface area contributed by atoms with Gasteiger partial charge in [-0.25, -0.2) is 0 Å². The zero-order valence-corrected chi connectivity index (χ0v) is 43.8. The second kappa shape index (κ2) is 25.8. The Morgan fingerprint density at radius 1 is 0.393 bits per heavy atom. The maximum absolute atomic E-state index is 2.50. The molecular weight excluding hydrogens is 733 g/mol. The average Bonchev–Trinajstić information content (AvgIpc) is 3.73. The van der Waals surface area contributed by atoms with Crippen molar-refractivity contribution in [1.82, 2.24) is 0 Å². The first-order valence-electron chi connectivity index (χ1n) is 25.9. The first kappa shape index (κ1) is 54.8. The summed E-state index contributed by atoms with van der Waals surface area (Å²) >= 11 is 0. The molecule has 0 amide bonds. The summed E-state index contributed by atoms with van der Waals surface area (Å²) in [7, 11) is 0. The summed E-state index contributed by atoms with van der Waals surface area (Å²) in [5.74, 6) is 0. The number of benzene rings is 3. The summed E-state index contributed by atoms with van der Waals surface area (Å²) < 4.78 is 0. The van der Waals surface area contributed by atoms with Gasteiger partial charge >= 0.3 is 0 Å². The van der Waals surface area contributed by atoms with E-state index in [-0.39, 0.29) is 5.41 Å². The summed E-state index contributed by atoms with van der Waals surface area (Å²) in [6.45, 7) is 37.1. The molecule has 2 saturated carbocycles. The Balaban J connectivity index is 0.000000303. The first-order valence-corrected chi connectivity index (χ1v) is 25.9. The lowest BCUT2D eigenvalue weighted by Crippen LogP contribution is -2.24. The molecule has 3 aliphatic carbocycles. The van der Waals surface area contributed by atoms with Crippen molar-refractivity contribution < 1.29 is 0 Å². The van der Waals surface area contributed by atoms with Gasteiger partial charge in [-0.2, -0.15) is 0 Å². The second-order valence-corrected chi connectivity index (χ2v) is 23.9. The number of unbranched alkanes of at least 4 members (excludes halogenated alkanes) is 4. The van der Waals surface area contributed by atoms with Crippen molar-refractivity contribution in [3.8, 4) is 11.1 Å². The molecule has 0 aromatic heterocycles. The second-order valence-electron chi connectivity index (χ2n) is 23.9. The van der Waals surface area contributed by atoms with E-state index in [4.69, 9.17) is 0 Å². The molecule has 0 heterocycles. The first-order chi connectivity index (χ1) is 28.6. The van der Waals surface area contributed by atoms with Gasteiger partial charge in [0.25, 0.3) is 0 Å². The largest absolute Gasteiger partial charge is 0.0654 e. The summed E-state index contributed by atoms with van der Waals surface area (Å²) in [6.07, 6.45) is 29.0. The Morgan fingerprint density at radius 3 is 0.885 bits per heavy atom. The molecule has 0 nitrogen and oxygen atoms in total. The van der Waals surface area contributed by atoms with Gasteiger partial charge in [0.2, 0.25) is 0 Å². The van der Waals surface area contributed by atoms with Crippen molar-refractivity contribution in [3.05, 3.63) is 95.1 Å². The van der Waals surface area contributed by atoms with E-state index >= 15 is 0 Å². The Kier molecular flexibility index (Phi) is 23.2. The zero-order chi connectivity index (χ0) is 45.8. The molecule has 6 rings (SSSR count).